The second-order valence-corrected chi connectivity index (χ2v) is 5.87. The van der Waals surface area contributed by atoms with E-state index in [9.17, 15) is 15.0 Å². The van der Waals surface area contributed by atoms with Gasteiger partial charge in [-0.3, -0.25) is 9.67 Å². The molecule has 4 N–H and O–H groups in total. The topological polar surface area (TPSA) is 114 Å². The normalized spacial score (nSPS) is 10.8. The second kappa shape index (κ2) is 7.90. The lowest BCUT2D eigenvalue weighted by atomic mass is 10.1. The van der Waals surface area contributed by atoms with Gasteiger partial charge in [0.2, 0.25) is 0 Å². The molecule has 0 aliphatic carbocycles. The molecule has 3 rings (SSSR count). The third-order valence-electron chi connectivity index (χ3n) is 4.03. The number of aromatic carboxylic acids is 1. The molecule has 26 heavy (non-hydrogen) atoms. The third kappa shape index (κ3) is 3.79. The highest BCUT2D eigenvalue weighted by Gasteiger charge is 2.15. The van der Waals surface area contributed by atoms with E-state index in [0.717, 1.165) is 22.4 Å². The number of hydrogen-bond donors (Lipinski definition) is 3. The minimum absolute atomic E-state index is 0.0406. The van der Waals surface area contributed by atoms with Gasteiger partial charge in [-0.15, -0.1) is 0 Å². The van der Waals surface area contributed by atoms with E-state index in [1.165, 1.54) is 4.68 Å². The molecule has 3 aromatic rings. The number of nitrogens with zero attached hydrogens (tertiary/aromatic N) is 3. The fraction of sp³-hybridized carbons (Fsp3) is 0.211. The van der Waals surface area contributed by atoms with E-state index < -0.39 is 5.97 Å². The smallest absolute Gasteiger partial charge is 0.354 e. The fourth-order valence-electron chi connectivity index (χ4n) is 2.72. The van der Waals surface area contributed by atoms with Crippen LogP contribution in [0.2, 0.25) is 0 Å². The maximum atomic E-state index is 11.5. The lowest BCUT2D eigenvalue weighted by Gasteiger charge is -2.05. The van der Waals surface area contributed by atoms with E-state index in [2.05, 4.69) is 10.1 Å². The Hall–Kier alpha value is -3.03. The zero-order chi connectivity index (χ0) is 18.5. The molecule has 0 saturated carbocycles. The molecule has 1 aromatic carbocycles. The third-order valence-corrected chi connectivity index (χ3v) is 4.03. The Kier molecular flexibility index (Phi) is 5.40. The first-order valence-corrected chi connectivity index (χ1v) is 8.30. The van der Waals surface area contributed by atoms with Crippen LogP contribution in [0.3, 0.4) is 0 Å². The fourth-order valence-corrected chi connectivity index (χ4v) is 2.72. The Morgan fingerprint density at radius 3 is 2.65 bits per heavy atom. The van der Waals surface area contributed by atoms with Crippen molar-refractivity contribution >= 4 is 5.97 Å². The Morgan fingerprint density at radius 1 is 1.12 bits per heavy atom. The molecular weight excluding hydrogens is 332 g/mol. The number of hydrogen-bond acceptors (Lipinski definition) is 5. The summed E-state index contributed by atoms with van der Waals surface area (Å²) in [5, 5.41) is 23.1. The molecule has 0 fully saturated rings. The van der Waals surface area contributed by atoms with Gasteiger partial charge in [-0.25, -0.2) is 4.79 Å². The second-order valence-electron chi connectivity index (χ2n) is 5.87. The molecule has 0 radical (unpaired) electrons. The first kappa shape index (κ1) is 17.8. The molecule has 0 unspecified atom stereocenters. The van der Waals surface area contributed by atoms with Gasteiger partial charge in [-0.1, -0.05) is 18.2 Å². The van der Waals surface area contributed by atoms with Crippen LogP contribution in [0.1, 0.15) is 22.5 Å². The molecule has 134 valence electrons. The molecule has 7 heteroatoms. The first-order chi connectivity index (χ1) is 12.6. The summed E-state index contributed by atoms with van der Waals surface area (Å²) in [7, 11) is 0. The highest BCUT2D eigenvalue weighted by Crippen LogP contribution is 2.25. The molecule has 0 bridgehead atoms. The number of aromatic nitrogens is 3. The summed E-state index contributed by atoms with van der Waals surface area (Å²) in [6.45, 7) is 0.879. The number of carboxylic acids is 1. The van der Waals surface area contributed by atoms with Crippen molar-refractivity contribution in [1.82, 2.24) is 14.8 Å². The number of aryl methyl sites for hydroxylation is 1. The summed E-state index contributed by atoms with van der Waals surface area (Å²) < 4.78 is 1.47. The largest absolute Gasteiger partial charge is 0.477 e. The van der Waals surface area contributed by atoms with Gasteiger partial charge in [0.05, 0.1) is 18.0 Å². The van der Waals surface area contributed by atoms with Gasteiger partial charge < -0.3 is 15.9 Å². The van der Waals surface area contributed by atoms with Gasteiger partial charge >= 0.3 is 5.97 Å². The highest BCUT2D eigenvalue weighted by atomic mass is 16.4. The summed E-state index contributed by atoms with van der Waals surface area (Å²) in [6, 6.07) is 12.7. The molecule has 0 saturated heterocycles. The van der Waals surface area contributed by atoms with Crippen molar-refractivity contribution in [2.45, 2.75) is 19.6 Å². The summed E-state index contributed by atoms with van der Waals surface area (Å²) >= 11 is 0. The summed E-state index contributed by atoms with van der Waals surface area (Å²) in [6.07, 6.45) is 2.31. The molecule has 0 atom stereocenters. The monoisotopic (exact) mass is 352 g/mol. The molecule has 0 aliphatic rings. The van der Waals surface area contributed by atoms with Crippen LogP contribution in [0.15, 0.2) is 48.7 Å². The van der Waals surface area contributed by atoms with E-state index >= 15 is 0 Å². The predicted molar refractivity (Wildman–Crippen MR) is 97.4 cm³/mol. The van der Waals surface area contributed by atoms with E-state index in [0.29, 0.717) is 25.2 Å². The van der Waals surface area contributed by atoms with Crippen LogP contribution in [-0.4, -0.2) is 37.5 Å². The number of aliphatic hydroxyl groups excluding tert-OH is 1. The Labute approximate surface area is 150 Å². The number of pyridine rings is 1. The lowest BCUT2D eigenvalue weighted by Crippen LogP contribution is -2.12. The maximum absolute atomic E-state index is 11.5. The number of benzene rings is 1. The molecule has 2 heterocycles. The lowest BCUT2D eigenvalue weighted by molar-refractivity contribution is 0.0683. The SMILES string of the molecule is NCCCn1nc(-c2ccnc(-c3cccc(CO)c3)c2)cc1C(=O)O. The van der Waals surface area contributed by atoms with Gasteiger partial charge in [-0.2, -0.15) is 5.10 Å². The van der Waals surface area contributed by atoms with Crippen molar-refractivity contribution in [2.24, 2.45) is 5.73 Å². The van der Waals surface area contributed by atoms with Crippen molar-refractivity contribution in [3.05, 3.63) is 59.9 Å². The average molecular weight is 352 g/mol. The standard InChI is InChI=1S/C19H20N4O3/c20-6-2-8-23-18(19(25)26)11-17(22-23)15-5-7-21-16(10-15)14-4-1-3-13(9-14)12-24/h1,3-5,7,9-11,24H,2,6,8,12,20H2,(H,25,26). The van der Waals surface area contributed by atoms with E-state index in [1.54, 1.807) is 18.3 Å². The zero-order valence-corrected chi connectivity index (χ0v) is 14.2. The molecular formula is C19H20N4O3. The summed E-state index contributed by atoms with van der Waals surface area (Å²) in [4.78, 5) is 15.8. The quantitative estimate of drug-likeness (QED) is 0.600. The van der Waals surface area contributed by atoms with Gasteiger partial charge in [0, 0.05) is 23.9 Å². The van der Waals surface area contributed by atoms with Crippen LogP contribution in [0, 0.1) is 0 Å². The van der Waals surface area contributed by atoms with Gasteiger partial charge in [0.1, 0.15) is 5.69 Å². The average Bonchev–Trinajstić information content (AvgIpc) is 3.11. The number of carboxylic acid groups (broad SMARTS) is 1. The summed E-state index contributed by atoms with van der Waals surface area (Å²) in [5.74, 6) is -1.02. The van der Waals surface area contributed by atoms with Crippen LogP contribution in [0.4, 0.5) is 0 Å². The van der Waals surface area contributed by atoms with Crippen LogP contribution < -0.4 is 5.73 Å². The van der Waals surface area contributed by atoms with Crippen molar-refractivity contribution in [3.8, 4) is 22.5 Å². The van der Waals surface area contributed by atoms with Crippen molar-refractivity contribution in [1.29, 1.82) is 0 Å². The Morgan fingerprint density at radius 2 is 1.92 bits per heavy atom. The molecule has 0 amide bonds. The number of aliphatic hydroxyl groups is 1. The minimum Gasteiger partial charge on any atom is -0.477 e. The molecule has 7 nitrogen and oxygen atoms in total. The van der Waals surface area contributed by atoms with Crippen molar-refractivity contribution < 1.29 is 15.0 Å². The van der Waals surface area contributed by atoms with Crippen LogP contribution in [0.5, 0.6) is 0 Å². The van der Waals surface area contributed by atoms with E-state index in [4.69, 9.17) is 5.73 Å². The number of rotatable bonds is 7. The van der Waals surface area contributed by atoms with Gasteiger partial charge in [0.15, 0.2) is 0 Å². The van der Waals surface area contributed by atoms with E-state index in [1.807, 2.05) is 30.3 Å². The molecule has 0 aliphatic heterocycles. The van der Waals surface area contributed by atoms with Gasteiger partial charge in [-0.05, 0) is 42.8 Å². The molecule has 2 aromatic heterocycles. The van der Waals surface area contributed by atoms with Crippen LogP contribution in [-0.2, 0) is 13.2 Å². The van der Waals surface area contributed by atoms with Crippen LogP contribution in [0.25, 0.3) is 22.5 Å². The Bertz CT molecular complexity index is 921. The number of carbonyl (C=O) groups is 1. The minimum atomic E-state index is -1.02. The predicted octanol–water partition coefficient (Wildman–Crippen LogP) is 2.15. The van der Waals surface area contributed by atoms with Crippen molar-refractivity contribution in [2.75, 3.05) is 6.54 Å². The van der Waals surface area contributed by atoms with Crippen LogP contribution >= 0.6 is 0 Å². The first-order valence-electron chi connectivity index (χ1n) is 8.30. The van der Waals surface area contributed by atoms with Gasteiger partial charge in [0.25, 0.3) is 0 Å². The molecule has 0 spiro atoms. The van der Waals surface area contributed by atoms with E-state index in [-0.39, 0.29) is 12.3 Å². The highest BCUT2D eigenvalue weighted by molar-refractivity contribution is 5.87. The maximum Gasteiger partial charge on any atom is 0.354 e. The zero-order valence-electron chi connectivity index (χ0n) is 14.2. The Balaban J connectivity index is 1.98. The van der Waals surface area contributed by atoms with Crippen molar-refractivity contribution in [3.63, 3.8) is 0 Å². The number of nitrogens with two attached hydrogens (primary N) is 1. The summed E-state index contributed by atoms with van der Waals surface area (Å²) in [5.41, 5.74) is 9.40.